The predicted octanol–water partition coefficient (Wildman–Crippen LogP) is 3.75. The number of aromatic nitrogens is 1. The quantitative estimate of drug-likeness (QED) is 0.844. The van der Waals surface area contributed by atoms with E-state index in [4.69, 9.17) is 0 Å². The molecule has 1 aliphatic rings. The maximum atomic E-state index is 12.0. The molecule has 0 aliphatic carbocycles. The van der Waals surface area contributed by atoms with Crippen LogP contribution in [0.5, 0.6) is 0 Å². The van der Waals surface area contributed by atoms with Crippen molar-refractivity contribution in [2.24, 2.45) is 5.92 Å². The smallest absolute Gasteiger partial charge is 0.225 e. The summed E-state index contributed by atoms with van der Waals surface area (Å²) in [7, 11) is 0. The third-order valence-electron chi connectivity index (χ3n) is 3.88. The molecule has 1 atom stereocenters. The largest absolute Gasteiger partial charge is 0.316 e. The highest BCUT2D eigenvalue weighted by Gasteiger charge is 2.15. The maximum Gasteiger partial charge on any atom is 0.225 e. The Morgan fingerprint density at radius 2 is 2.23 bits per heavy atom. The van der Waals surface area contributed by atoms with Crippen molar-refractivity contribution in [2.45, 2.75) is 19.3 Å². The van der Waals surface area contributed by atoms with Crippen molar-refractivity contribution in [3.05, 3.63) is 34.8 Å². The van der Waals surface area contributed by atoms with Crippen molar-refractivity contribution >= 4 is 51.0 Å². The first-order chi connectivity index (χ1) is 10.2. The standard InChI is InChI=1S/C16H18BrN3O.ClH/c17-13-3-1-2-12-5-6-14(20-16(12)13)19-15(21)7-4-11-8-9-18-10-11;/h1-3,5-6,11,18H,4,7-10H2,(H,19,20,21);1H. The summed E-state index contributed by atoms with van der Waals surface area (Å²) in [4.78, 5) is 16.5. The summed E-state index contributed by atoms with van der Waals surface area (Å²) < 4.78 is 0.938. The van der Waals surface area contributed by atoms with Gasteiger partial charge in [-0.05, 0) is 66.0 Å². The zero-order chi connectivity index (χ0) is 14.7. The van der Waals surface area contributed by atoms with Crippen LogP contribution >= 0.6 is 28.3 Å². The van der Waals surface area contributed by atoms with Gasteiger partial charge in [-0.3, -0.25) is 4.79 Å². The van der Waals surface area contributed by atoms with E-state index in [0.717, 1.165) is 34.9 Å². The van der Waals surface area contributed by atoms with Gasteiger partial charge in [0.25, 0.3) is 0 Å². The molecule has 1 aromatic carbocycles. The van der Waals surface area contributed by atoms with E-state index in [9.17, 15) is 4.79 Å². The number of amides is 1. The SMILES string of the molecule is Cl.O=C(CCC1CCNC1)Nc1ccc2cccc(Br)c2n1. The van der Waals surface area contributed by atoms with Crippen molar-refractivity contribution in [3.8, 4) is 0 Å². The average molecular weight is 385 g/mol. The second-order valence-electron chi connectivity index (χ2n) is 5.45. The van der Waals surface area contributed by atoms with Crippen molar-refractivity contribution in [1.82, 2.24) is 10.3 Å². The fourth-order valence-electron chi connectivity index (χ4n) is 2.68. The van der Waals surface area contributed by atoms with Crippen molar-refractivity contribution in [1.29, 1.82) is 0 Å². The highest BCUT2D eigenvalue weighted by molar-refractivity contribution is 9.10. The summed E-state index contributed by atoms with van der Waals surface area (Å²) in [6, 6.07) is 9.76. The van der Waals surface area contributed by atoms with E-state index in [1.54, 1.807) is 0 Å². The van der Waals surface area contributed by atoms with Gasteiger partial charge in [-0.25, -0.2) is 4.98 Å². The number of benzene rings is 1. The molecule has 2 heterocycles. The molecule has 2 N–H and O–H groups in total. The number of pyridine rings is 1. The van der Waals surface area contributed by atoms with Gasteiger partial charge in [0.1, 0.15) is 5.82 Å². The van der Waals surface area contributed by atoms with E-state index < -0.39 is 0 Å². The monoisotopic (exact) mass is 383 g/mol. The van der Waals surface area contributed by atoms with E-state index >= 15 is 0 Å². The zero-order valence-electron chi connectivity index (χ0n) is 12.1. The van der Waals surface area contributed by atoms with E-state index in [1.165, 1.54) is 6.42 Å². The lowest BCUT2D eigenvalue weighted by molar-refractivity contribution is -0.116. The number of rotatable bonds is 4. The summed E-state index contributed by atoms with van der Waals surface area (Å²) in [6.45, 7) is 2.11. The van der Waals surface area contributed by atoms with Gasteiger partial charge in [0.15, 0.2) is 0 Å². The van der Waals surface area contributed by atoms with Gasteiger partial charge in [0.05, 0.1) is 5.52 Å². The molecular formula is C16H19BrClN3O. The van der Waals surface area contributed by atoms with Crippen molar-refractivity contribution in [3.63, 3.8) is 0 Å². The Bertz CT molecular complexity index is 659. The molecule has 1 saturated heterocycles. The molecule has 0 spiro atoms. The molecule has 1 fully saturated rings. The predicted molar refractivity (Wildman–Crippen MR) is 95.5 cm³/mol. The molecule has 1 aromatic heterocycles. The Kier molecular flexibility index (Phi) is 6.17. The molecule has 4 nitrogen and oxygen atoms in total. The second kappa shape index (κ2) is 7.90. The Morgan fingerprint density at radius 1 is 1.36 bits per heavy atom. The van der Waals surface area contributed by atoms with Gasteiger partial charge in [0.2, 0.25) is 5.91 Å². The maximum absolute atomic E-state index is 12.0. The normalized spacial score (nSPS) is 17.2. The number of nitrogens with zero attached hydrogens (tertiary/aromatic N) is 1. The van der Waals surface area contributed by atoms with Gasteiger partial charge in [0, 0.05) is 16.3 Å². The lowest BCUT2D eigenvalue weighted by atomic mass is 10.0. The Morgan fingerprint density at radius 3 is 3.00 bits per heavy atom. The number of hydrogen-bond donors (Lipinski definition) is 2. The summed E-state index contributed by atoms with van der Waals surface area (Å²) in [5.74, 6) is 1.29. The Balaban J connectivity index is 0.00000176. The summed E-state index contributed by atoms with van der Waals surface area (Å²) in [6.07, 6.45) is 2.67. The number of anilines is 1. The average Bonchev–Trinajstić information content (AvgIpc) is 2.99. The van der Waals surface area contributed by atoms with Crippen LogP contribution in [0.4, 0.5) is 5.82 Å². The van der Waals surface area contributed by atoms with Gasteiger partial charge in [-0.1, -0.05) is 12.1 Å². The Hall–Kier alpha value is -1.17. The third-order valence-corrected chi connectivity index (χ3v) is 4.52. The lowest BCUT2D eigenvalue weighted by Gasteiger charge is -2.09. The minimum Gasteiger partial charge on any atom is -0.316 e. The number of carbonyl (C=O) groups is 1. The van der Waals surface area contributed by atoms with Gasteiger partial charge in [-0.2, -0.15) is 0 Å². The number of hydrogen-bond acceptors (Lipinski definition) is 3. The van der Waals surface area contributed by atoms with Crippen molar-refractivity contribution in [2.75, 3.05) is 18.4 Å². The van der Waals surface area contributed by atoms with Gasteiger partial charge < -0.3 is 10.6 Å². The Labute approximate surface area is 144 Å². The fourth-order valence-corrected chi connectivity index (χ4v) is 3.15. The second-order valence-corrected chi connectivity index (χ2v) is 6.31. The van der Waals surface area contributed by atoms with Crippen LogP contribution < -0.4 is 10.6 Å². The van der Waals surface area contributed by atoms with Crippen LogP contribution in [0.1, 0.15) is 19.3 Å². The fraction of sp³-hybridized carbons (Fsp3) is 0.375. The van der Waals surface area contributed by atoms with Gasteiger partial charge >= 0.3 is 0 Å². The first kappa shape index (κ1) is 17.2. The van der Waals surface area contributed by atoms with Crippen LogP contribution in [0, 0.1) is 5.92 Å². The zero-order valence-corrected chi connectivity index (χ0v) is 14.5. The first-order valence-electron chi connectivity index (χ1n) is 7.28. The van der Waals surface area contributed by atoms with Crippen LogP contribution in [0.25, 0.3) is 10.9 Å². The summed E-state index contributed by atoms with van der Waals surface area (Å²) in [5, 5.41) is 7.27. The molecule has 1 unspecified atom stereocenters. The number of halogens is 2. The number of carbonyl (C=O) groups excluding carboxylic acids is 1. The molecular weight excluding hydrogens is 366 g/mol. The summed E-state index contributed by atoms with van der Waals surface area (Å²) >= 11 is 3.49. The number of nitrogens with one attached hydrogen (secondary N) is 2. The highest BCUT2D eigenvalue weighted by Crippen LogP contribution is 2.23. The van der Waals surface area contributed by atoms with Crippen molar-refractivity contribution < 1.29 is 4.79 Å². The minimum atomic E-state index is 0. The number of fused-ring (bicyclic) bond motifs is 1. The van der Waals surface area contributed by atoms with Gasteiger partial charge in [-0.15, -0.1) is 12.4 Å². The third kappa shape index (κ3) is 4.18. The lowest BCUT2D eigenvalue weighted by Crippen LogP contribution is -2.15. The number of para-hydroxylation sites is 1. The molecule has 2 aromatic rings. The minimum absolute atomic E-state index is 0. The molecule has 3 rings (SSSR count). The molecule has 118 valence electrons. The summed E-state index contributed by atoms with van der Waals surface area (Å²) in [5.41, 5.74) is 0.871. The van der Waals surface area contributed by atoms with Crippen LogP contribution in [0.2, 0.25) is 0 Å². The van der Waals surface area contributed by atoms with E-state index in [2.05, 4.69) is 31.5 Å². The molecule has 0 radical (unpaired) electrons. The topological polar surface area (TPSA) is 54.0 Å². The highest BCUT2D eigenvalue weighted by atomic mass is 79.9. The van der Waals surface area contributed by atoms with Crippen LogP contribution in [-0.4, -0.2) is 24.0 Å². The van der Waals surface area contributed by atoms with E-state index in [-0.39, 0.29) is 18.3 Å². The molecule has 1 aliphatic heterocycles. The van der Waals surface area contributed by atoms with Crippen LogP contribution in [-0.2, 0) is 4.79 Å². The molecule has 22 heavy (non-hydrogen) atoms. The van der Waals surface area contributed by atoms with Crippen LogP contribution in [0.3, 0.4) is 0 Å². The molecule has 0 bridgehead atoms. The molecule has 0 saturated carbocycles. The first-order valence-corrected chi connectivity index (χ1v) is 8.07. The van der Waals surface area contributed by atoms with E-state index in [1.807, 2.05) is 30.3 Å². The molecule has 6 heteroatoms. The van der Waals surface area contributed by atoms with Crippen LogP contribution in [0.15, 0.2) is 34.8 Å². The molecule has 1 amide bonds. The van der Waals surface area contributed by atoms with E-state index in [0.29, 0.717) is 18.2 Å².